The SMILES string of the molecule is CC1(NC(=O)c2cccc(F)n2)CCCOC1. The van der Waals surface area contributed by atoms with E-state index in [9.17, 15) is 9.18 Å². The molecule has 0 radical (unpaired) electrons. The molecule has 1 aromatic rings. The molecule has 1 aliphatic rings. The van der Waals surface area contributed by atoms with Crippen molar-refractivity contribution in [1.29, 1.82) is 0 Å². The van der Waals surface area contributed by atoms with Gasteiger partial charge in [-0.2, -0.15) is 4.39 Å². The first-order valence-corrected chi connectivity index (χ1v) is 5.62. The van der Waals surface area contributed by atoms with Gasteiger partial charge in [0.05, 0.1) is 12.1 Å². The zero-order valence-electron chi connectivity index (χ0n) is 9.70. The van der Waals surface area contributed by atoms with Gasteiger partial charge in [0.2, 0.25) is 5.95 Å². The minimum Gasteiger partial charge on any atom is -0.379 e. The second-order valence-electron chi connectivity index (χ2n) is 4.52. The molecular formula is C12H15FN2O2. The molecule has 92 valence electrons. The Balaban J connectivity index is 2.06. The summed E-state index contributed by atoms with van der Waals surface area (Å²) in [4.78, 5) is 15.4. The van der Waals surface area contributed by atoms with Crippen LogP contribution in [0.4, 0.5) is 4.39 Å². The second kappa shape index (κ2) is 4.79. The first kappa shape index (κ1) is 12.0. The molecule has 0 bridgehead atoms. The van der Waals surface area contributed by atoms with Crippen LogP contribution in [0.3, 0.4) is 0 Å². The molecule has 1 saturated heterocycles. The van der Waals surface area contributed by atoms with Gasteiger partial charge in [-0.15, -0.1) is 0 Å². The maximum atomic E-state index is 12.9. The quantitative estimate of drug-likeness (QED) is 0.795. The van der Waals surface area contributed by atoms with Crippen LogP contribution in [0.1, 0.15) is 30.3 Å². The number of ether oxygens (including phenoxy) is 1. The van der Waals surface area contributed by atoms with E-state index >= 15 is 0 Å². The summed E-state index contributed by atoms with van der Waals surface area (Å²) in [6, 6.07) is 4.17. The number of rotatable bonds is 2. The van der Waals surface area contributed by atoms with Crippen LogP contribution in [-0.4, -0.2) is 29.6 Å². The number of hydrogen-bond donors (Lipinski definition) is 1. The molecule has 1 fully saturated rings. The van der Waals surface area contributed by atoms with Crippen LogP contribution in [0, 0.1) is 5.95 Å². The monoisotopic (exact) mass is 238 g/mol. The van der Waals surface area contributed by atoms with Gasteiger partial charge >= 0.3 is 0 Å². The Kier molecular flexibility index (Phi) is 3.38. The highest BCUT2D eigenvalue weighted by Gasteiger charge is 2.29. The van der Waals surface area contributed by atoms with E-state index < -0.39 is 5.95 Å². The fraction of sp³-hybridized carbons (Fsp3) is 0.500. The summed E-state index contributed by atoms with van der Waals surface area (Å²) in [5, 5.41) is 2.85. The standard InChI is InChI=1S/C12H15FN2O2/c1-12(6-3-7-17-8-12)15-11(16)9-4-2-5-10(13)14-9/h2,4-5H,3,6-8H2,1H3,(H,15,16). The van der Waals surface area contributed by atoms with Crippen molar-refractivity contribution >= 4 is 5.91 Å². The van der Waals surface area contributed by atoms with E-state index in [0.717, 1.165) is 19.4 Å². The number of hydrogen-bond acceptors (Lipinski definition) is 3. The lowest BCUT2D eigenvalue weighted by atomic mass is 9.95. The molecule has 17 heavy (non-hydrogen) atoms. The normalized spacial score (nSPS) is 24.4. The van der Waals surface area contributed by atoms with Crippen molar-refractivity contribution in [2.75, 3.05) is 13.2 Å². The summed E-state index contributed by atoms with van der Waals surface area (Å²) < 4.78 is 18.2. The van der Waals surface area contributed by atoms with E-state index in [0.29, 0.717) is 6.61 Å². The van der Waals surface area contributed by atoms with Crippen molar-refractivity contribution in [2.24, 2.45) is 0 Å². The number of aromatic nitrogens is 1. The molecule has 0 spiro atoms. The molecule has 1 aliphatic heterocycles. The maximum absolute atomic E-state index is 12.9. The summed E-state index contributed by atoms with van der Waals surface area (Å²) in [5.74, 6) is -1.01. The lowest BCUT2D eigenvalue weighted by molar-refractivity contribution is 0.0271. The average molecular weight is 238 g/mol. The molecule has 1 N–H and O–H groups in total. The van der Waals surface area contributed by atoms with Crippen molar-refractivity contribution in [3.05, 3.63) is 29.8 Å². The molecule has 0 aliphatic carbocycles. The van der Waals surface area contributed by atoms with Gasteiger partial charge in [0.1, 0.15) is 5.69 Å². The van der Waals surface area contributed by atoms with Crippen molar-refractivity contribution in [3.63, 3.8) is 0 Å². The van der Waals surface area contributed by atoms with Gasteiger partial charge in [0.25, 0.3) is 5.91 Å². The van der Waals surface area contributed by atoms with Crippen molar-refractivity contribution in [2.45, 2.75) is 25.3 Å². The highest BCUT2D eigenvalue weighted by Crippen LogP contribution is 2.18. The van der Waals surface area contributed by atoms with E-state index in [1.165, 1.54) is 18.2 Å². The van der Waals surface area contributed by atoms with Crippen LogP contribution in [0.25, 0.3) is 0 Å². The molecule has 1 aromatic heterocycles. The Morgan fingerprint density at radius 2 is 2.41 bits per heavy atom. The third kappa shape index (κ3) is 3.00. The van der Waals surface area contributed by atoms with Crippen LogP contribution in [0.5, 0.6) is 0 Å². The van der Waals surface area contributed by atoms with Crippen molar-refractivity contribution < 1.29 is 13.9 Å². The molecule has 2 rings (SSSR count). The molecule has 0 aromatic carbocycles. The maximum Gasteiger partial charge on any atom is 0.270 e. The molecule has 5 heteroatoms. The topological polar surface area (TPSA) is 51.2 Å². The molecule has 1 amide bonds. The van der Waals surface area contributed by atoms with Gasteiger partial charge in [-0.3, -0.25) is 4.79 Å². The summed E-state index contributed by atoms with van der Waals surface area (Å²) in [6.45, 7) is 3.13. The fourth-order valence-electron chi connectivity index (χ4n) is 1.91. The average Bonchev–Trinajstić information content (AvgIpc) is 2.29. The largest absolute Gasteiger partial charge is 0.379 e. The lowest BCUT2D eigenvalue weighted by Crippen LogP contribution is -2.51. The molecule has 1 unspecified atom stereocenters. The highest BCUT2D eigenvalue weighted by atomic mass is 19.1. The van der Waals surface area contributed by atoms with Crippen molar-refractivity contribution in [3.8, 4) is 0 Å². The summed E-state index contributed by atoms with van der Waals surface area (Å²) in [7, 11) is 0. The predicted octanol–water partition coefficient (Wildman–Crippen LogP) is 1.52. The lowest BCUT2D eigenvalue weighted by Gasteiger charge is -2.34. The second-order valence-corrected chi connectivity index (χ2v) is 4.52. The number of nitrogens with zero attached hydrogens (tertiary/aromatic N) is 1. The predicted molar refractivity (Wildman–Crippen MR) is 60.1 cm³/mol. The number of nitrogens with one attached hydrogen (secondary N) is 1. The first-order valence-electron chi connectivity index (χ1n) is 5.62. The number of carbonyl (C=O) groups excluding carboxylic acids is 1. The van der Waals surface area contributed by atoms with Gasteiger partial charge in [0, 0.05) is 6.61 Å². The minimum atomic E-state index is -0.650. The Labute approximate surface area is 99.2 Å². The zero-order chi connectivity index (χ0) is 12.3. The Bertz CT molecular complexity index is 417. The summed E-state index contributed by atoms with van der Waals surface area (Å²) in [6.07, 6.45) is 1.77. The van der Waals surface area contributed by atoms with Gasteiger partial charge in [0.15, 0.2) is 0 Å². The van der Waals surface area contributed by atoms with E-state index in [1.54, 1.807) is 0 Å². The van der Waals surface area contributed by atoms with E-state index in [4.69, 9.17) is 4.74 Å². The Hall–Kier alpha value is -1.49. The summed E-state index contributed by atoms with van der Waals surface area (Å²) in [5.41, 5.74) is -0.291. The van der Waals surface area contributed by atoms with Gasteiger partial charge in [-0.1, -0.05) is 6.07 Å². The van der Waals surface area contributed by atoms with E-state index in [1.807, 2.05) is 6.92 Å². The van der Waals surface area contributed by atoms with Gasteiger partial charge < -0.3 is 10.1 Å². The number of pyridine rings is 1. The Morgan fingerprint density at radius 3 is 3.06 bits per heavy atom. The third-order valence-electron chi connectivity index (χ3n) is 2.80. The minimum absolute atomic E-state index is 0.0943. The van der Waals surface area contributed by atoms with Crippen molar-refractivity contribution in [1.82, 2.24) is 10.3 Å². The van der Waals surface area contributed by atoms with E-state index in [2.05, 4.69) is 10.3 Å². The van der Waals surface area contributed by atoms with Crippen LogP contribution in [0.15, 0.2) is 18.2 Å². The molecule has 1 atom stereocenters. The van der Waals surface area contributed by atoms with Gasteiger partial charge in [-0.05, 0) is 31.9 Å². The van der Waals surface area contributed by atoms with E-state index in [-0.39, 0.29) is 17.1 Å². The molecule has 2 heterocycles. The number of carbonyl (C=O) groups is 1. The van der Waals surface area contributed by atoms with Crippen LogP contribution < -0.4 is 5.32 Å². The van der Waals surface area contributed by atoms with Crippen LogP contribution in [0.2, 0.25) is 0 Å². The number of halogens is 1. The molecule has 4 nitrogen and oxygen atoms in total. The fourth-order valence-corrected chi connectivity index (χ4v) is 1.91. The Morgan fingerprint density at radius 1 is 1.59 bits per heavy atom. The first-order chi connectivity index (χ1) is 8.09. The van der Waals surface area contributed by atoms with Crippen LogP contribution in [-0.2, 0) is 4.74 Å². The van der Waals surface area contributed by atoms with Gasteiger partial charge in [-0.25, -0.2) is 4.98 Å². The van der Waals surface area contributed by atoms with Crippen LogP contribution >= 0.6 is 0 Å². The third-order valence-corrected chi connectivity index (χ3v) is 2.80. The smallest absolute Gasteiger partial charge is 0.270 e. The molecular weight excluding hydrogens is 223 g/mol. The summed E-state index contributed by atoms with van der Waals surface area (Å²) >= 11 is 0. The molecule has 0 saturated carbocycles. The highest BCUT2D eigenvalue weighted by molar-refractivity contribution is 5.92. The zero-order valence-corrected chi connectivity index (χ0v) is 9.70. The number of amides is 1.